The fraction of sp³-hybridized carbons (Fsp3) is 0.143. The Morgan fingerprint density at radius 2 is 1.69 bits per heavy atom. The molecular formula is C7H10NO4P. The van der Waals surface area contributed by atoms with Gasteiger partial charge in [-0.1, -0.05) is 12.1 Å². The maximum atomic E-state index is 10.7. The Labute approximate surface area is 75.0 Å². The van der Waals surface area contributed by atoms with Gasteiger partial charge in [-0.3, -0.25) is 4.57 Å². The Balaban J connectivity index is 2.97. The van der Waals surface area contributed by atoms with E-state index in [1.165, 1.54) is 24.3 Å². The van der Waals surface area contributed by atoms with Crippen LogP contribution in [0.4, 0.5) is 0 Å². The molecular weight excluding hydrogens is 193 g/mol. The van der Waals surface area contributed by atoms with Crippen molar-refractivity contribution < 1.29 is 19.5 Å². The average molecular weight is 203 g/mol. The standard InChI is InChI=1S/C7H10NO4P/c8-7(13(10,11)12)5-1-3-6(9)4-2-5/h1-4,7,9H,8H2,(H2,10,11,12)/t7-/m0/s1. The van der Waals surface area contributed by atoms with Gasteiger partial charge in [-0.05, 0) is 17.7 Å². The molecule has 0 aliphatic carbocycles. The third-order valence-electron chi connectivity index (χ3n) is 1.60. The van der Waals surface area contributed by atoms with Crippen molar-refractivity contribution in [1.29, 1.82) is 0 Å². The zero-order valence-corrected chi connectivity index (χ0v) is 7.56. The van der Waals surface area contributed by atoms with Crippen LogP contribution in [-0.4, -0.2) is 14.9 Å². The molecule has 1 aromatic carbocycles. The summed E-state index contributed by atoms with van der Waals surface area (Å²) in [6.45, 7) is 0. The highest BCUT2D eigenvalue weighted by Crippen LogP contribution is 2.48. The number of phenolic OH excluding ortho intramolecular Hbond substituents is 1. The topological polar surface area (TPSA) is 104 Å². The molecule has 13 heavy (non-hydrogen) atoms. The summed E-state index contributed by atoms with van der Waals surface area (Å²) in [5.41, 5.74) is 5.57. The molecule has 0 fully saturated rings. The van der Waals surface area contributed by atoms with Crippen molar-refractivity contribution in [3.05, 3.63) is 29.8 Å². The normalized spacial score (nSPS) is 14.1. The number of nitrogens with two attached hydrogens (primary N) is 1. The smallest absolute Gasteiger partial charge is 0.346 e. The molecule has 0 radical (unpaired) electrons. The van der Waals surface area contributed by atoms with E-state index in [2.05, 4.69) is 0 Å². The summed E-state index contributed by atoms with van der Waals surface area (Å²) in [6, 6.07) is 5.40. The monoisotopic (exact) mass is 203 g/mol. The first-order valence-corrected chi connectivity index (χ1v) is 5.19. The average Bonchev–Trinajstić information content (AvgIpc) is 2.03. The van der Waals surface area contributed by atoms with E-state index in [1.807, 2.05) is 0 Å². The quantitative estimate of drug-likeness (QED) is 0.525. The third kappa shape index (κ3) is 2.54. The van der Waals surface area contributed by atoms with Crippen LogP contribution in [0.25, 0.3) is 0 Å². The first-order valence-electron chi connectivity index (χ1n) is 3.51. The zero-order chi connectivity index (χ0) is 10.1. The molecule has 1 atom stereocenters. The molecule has 0 saturated carbocycles. The lowest BCUT2D eigenvalue weighted by Crippen LogP contribution is -2.10. The van der Waals surface area contributed by atoms with E-state index in [0.29, 0.717) is 5.56 Å². The third-order valence-corrected chi connectivity index (χ3v) is 2.62. The summed E-state index contributed by atoms with van der Waals surface area (Å²) in [5, 5.41) is 8.91. The number of hydrogen-bond acceptors (Lipinski definition) is 3. The molecule has 0 spiro atoms. The minimum atomic E-state index is -4.30. The molecule has 72 valence electrons. The molecule has 0 aliphatic rings. The second-order valence-corrected chi connectivity index (χ2v) is 4.36. The van der Waals surface area contributed by atoms with Crippen molar-refractivity contribution in [2.75, 3.05) is 0 Å². The summed E-state index contributed by atoms with van der Waals surface area (Å²) >= 11 is 0. The fourth-order valence-corrected chi connectivity index (χ4v) is 1.43. The van der Waals surface area contributed by atoms with Crippen LogP contribution in [0.5, 0.6) is 5.75 Å². The van der Waals surface area contributed by atoms with Crippen molar-refractivity contribution in [3.63, 3.8) is 0 Å². The van der Waals surface area contributed by atoms with E-state index >= 15 is 0 Å². The van der Waals surface area contributed by atoms with Crippen molar-refractivity contribution in [1.82, 2.24) is 0 Å². The van der Waals surface area contributed by atoms with Gasteiger partial charge >= 0.3 is 7.60 Å². The van der Waals surface area contributed by atoms with E-state index in [9.17, 15) is 4.57 Å². The molecule has 5 N–H and O–H groups in total. The molecule has 0 amide bonds. The zero-order valence-electron chi connectivity index (χ0n) is 6.66. The largest absolute Gasteiger partial charge is 0.508 e. The molecule has 6 heteroatoms. The lowest BCUT2D eigenvalue weighted by atomic mass is 10.2. The summed E-state index contributed by atoms with van der Waals surface area (Å²) in [4.78, 5) is 17.5. The molecule has 0 heterocycles. The van der Waals surface area contributed by atoms with Crippen LogP contribution >= 0.6 is 7.60 Å². The van der Waals surface area contributed by atoms with Crippen molar-refractivity contribution >= 4 is 7.60 Å². The molecule has 0 aromatic heterocycles. The Kier molecular flexibility index (Phi) is 2.73. The van der Waals surface area contributed by atoms with Crippen molar-refractivity contribution in [3.8, 4) is 5.75 Å². The first-order chi connectivity index (χ1) is 5.91. The highest BCUT2D eigenvalue weighted by Gasteiger charge is 2.25. The number of phenols is 1. The Hall–Kier alpha value is -0.870. The van der Waals surface area contributed by atoms with Gasteiger partial charge in [0.2, 0.25) is 0 Å². The van der Waals surface area contributed by atoms with E-state index < -0.39 is 13.4 Å². The molecule has 1 rings (SSSR count). The SMILES string of the molecule is N[C@H](c1ccc(O)cc1)P(=O)(O)O. The van der Waals surface area contributed by atoms with Gasteiger partial charge in [0.05, 0.1) is 0 Å². The van der Waals surface area contributed by atoms with Gasteiger partial charge in [-0.2, -0.15) is 0 Å². The second kappa shape index (κ2) is 3.47. The van der Waals surface area contributed by atoms with Crippen molar-refractivity contribution in [2.45, 2.75) is 5.78 Å². The van der Waals surface area contributed by atoms with Gasteiger partial charge in [-0.25, -0.2) is 0 Å². The predicted molar refractivity (Wildman–Crippen MR) is 47.1 cm³/mol. The number of aromatic hydroxyl groups is 1. The Bertz CT molecular complexity index is 331. The number of benzene rings is 1. The van der Waals surface area contributed by atoms with E-state index in [-0.39, 0.29) is 5.75 Å². The lowest BCUT2D eigenvalue weighted by Gasteiger charge is -2.13. The predicted octanol–water partition coefficient (Wildman–Crippen LogP) is 0.527. The minimum absolute atomic E-state index is 0.0293. The molecule has 1 aromatic rings. The highest BCUT2D eigenvalue weighted by molar-refractivity contribution is 7.52. The van der Waals surface area contributed by atoms with Gasteiger partial charge in [0, 0.05) is 0 Å². The Morgan fingerprint density at radius 3 is 2.08 bits per heavy atom. The van der Waals surface area contributed by atoms with E-state index in [1.54, 1.807) is 0 Å². The van der Waals surface area contributed by atoms with Crippen LogP contribution in [0.1, 0.15) is 11.3 Å². The maximum Gasteiger partial charge on any atom is 0.346 e. The van der Waals surface area contributed by atoms with Crippen LogP contribution in [0.3, 0.4) is 0 Å². The van der Waals surface area contributed by atoms with E-state index in [4.69, 9.17) is 20.6 Å². The second-order valence-electron chi connectivity index (χ2n) is 2.63. The maximum absolute atomic E-state index is 10.7. The van der Waals surface area contributed by atoms with E-state index in [0.717, 1.165) is 0 Å². The Morgan fingerprint density at radius 1 is 1.23 bits per heavy atom. The van der Waals surface area contributed by atoms with Crippen LogP contribution in [-0.2, 0) is 4.57 Å². The summed E-state index contributed by atoms with van der Waals surface area (Å²) in [6.07, 6.45) is 0. The molecule has 0 aliphatic heterocycles. The number of hydrogen-bond donors (Lipinski definition) is 4. The summed E-state index contributed by atoms with van der Waals surface area (Å²) in [5.74, 6) is -1.30. The van der Waals surface area contributed by atoms with Gasteiger partial charge in [-0.15, -0.1) is 0 Å². The highest BCUT2D eigenvalue weighted by atomic mass is 31.2. The molecule has 5 nitrogen and oxygen atoms in total. The van der Waals surface area contributed by atoms with Crippen LogP contribution in [0.2, 0.25) is 0 Å². The fourth-order valence-electron chi connectivity index (χ4n) is 0.866. The first kappa shape index (κ1) is 10.2. The van der Waals surface area contributed by atoms with Crippen LogP contribution < -0.4 is 5.73 Å². The minimum Gasteiger partial charge on any atom is -0.508 e. The molecule has 0 unspecified atom stereocenters. The van der Waals surface area contributed by atoms with Gasteiger partial charge in [0.1, 0.15) is 11.5 Å². The van der Waals surface area contributed by atoms with Crippen LogP contribution in [0, 0.1) is 0 Å². The number of rotatable bonds is 2. The molecule has 0 saturated heterocycles. The van der Waals surface area contributed by atoms with Gasteiger partial charge < -0.3 is 20.6 Å². The lowest BCUT2D eigenvalue weighted by molar-refractivity contribution is 0.359. The van der Waals surface area contributed by atoms with Crippen molar-refractivity contribution in [2.24, 2.45) is 5.73 Å². The van der Waals surface area contributed by atoms with Gasteiger partial charge in [0.15, 0.2) is 0 Å². The van der Waals surface area contributed by atoms with Gasteiger partial charge in [0.25, 0.3) is 0 Å². The summed E-state index contributed by atoms with van der Waals surface area (Å²) in [7, 11) is -4.30. The van der Waals surface area contributed by atoms with Crippen LogP contribution in [0.15, 0.2) is 24.3 Å². The summed E-state index contributed by atoms with van der Waals surface area (Å²) < 4.78 is 10.7. The molecule has 0 bridgehead atoms.